The SMILES string of the molecule is CC(C)(C)[S-](=O)=CNC(C1CC1)C(F)(F)F. The topological polar surface area (TPSA) is 29.1 Å². The smallest absolute Gasteiger partial charge is 0.404 e. The van der Waals surface area contributed by atoms with Crippen molar-refractivity contribution in [1.82, 2.24) is 5.32 Å². The fraction of sp³-hybridized carbons (Fsp3) is 0.900. The van der Waals surface area contributed by atoms with Gasteiger partial charge in [0.05, 0.1) is 0 Å². The van der Waals surface area contributed by atoms with Crippen LogP contribution in [0, 0.1) is 5.92 Å². The van der Waals surface area contributed by atoms with Gasteiger partial charge in [-0.1, -0.05) is 25.5 Å². The van der Waals surface area contributed by atoms with Crippen LogP contribution in [0.15, 0.2) is 0 Å². The van der Waals surface area contributed by atoms with Crippen LogP contribution in [-0.4, -0.2) is 22.5 Å². The van der Waals surface area contributed by atoms with E-state index in [1.165, 1.54) is 0 Å². The van der Waals surface area contributed by atoms with Crippen LogP contribution in [-0.2, 0) is 14.6 Å². The molecule has 1 unspecified atom stereocenters. The quantitative estimate of drug-likeness (QED) is 0.620. The van der Waals surface area contributed by atoms with Crippen LogP contribution in [0.25, 0.3) is 0 Å². The molecule has 16 heavy (non-hydrogen) atoms. The van der Waals surface area contributed by atoms with Gasteiger partial charge in [-0.25, -0.2) is 0 Å². The Morgan fingerprint density at radius 2 is 1.81 bits per heavy atom. The van der Waals surface area contributed by atoms with E-state index in [0.717, 1.165) is 5.49 Å². The van der Waals surface area contributed by atoms with Crippen molar-refractivity contribution in [1.29, 1.82) is 0 Å². The van der Waals surface area contributed by atoms with E-state index in [0.29, 0.717) is 12.8 Å². The van der Waals surface area contributed by atoms with Gasteiger partial charge < -0.3 is 9.53 Å². The summed E-state index contributed by atoms with van der Waals surface area (Å²) in [4.78, 5) is 0. The van der Waals surface area contributed by atoms with E-state index in [1.54, 1.807) is 20.8 Å². The molecule has 1 aliphatic carbocycles. The summed E-state index contributed by atoms with van der Waals surface area (Å²) in [6.07, 6.45) is -3.08. The highest BCUT2D eigenvalue weighted by atomic mass is 32.2. The first kappa shape index (κ1) is 13.8. The van der Waals surface area contributed by atoms with Gasteiger partial charge in [-0.3, -0.25) is 10.4 Å². The maximum Gasteiger partial charge on any atom is 0.404 e. The lowest BCUT2D eigenvalue weighted by atomic mass is 10.2. The van der Waals surface area contributed by atoms with Crippen molar-refractivity contribution in [3.63, 3.8) is 0 Å². The largest absolute Gasteiger partial charge is 0.460 e. The lowest BCUT2D eigenvalue weighted by molar-refractivity contribution is -0.156. The summed E-state index contributed by atoms with van der Waals surface area (Å²) in [5.41, 5.74) is 1.08. The maximum atomic E-state index is 12.6. The van der Waals surface area contributed by atoms with E-state index in [9.17, 15) is 17.4 Å². The zero-order valence-corrected chi connectivity index (χ0v) is 10.4. The van der Waals surface area contributed by atoms with E-state index < -0.39 is 27.4 Å². The van der Waals surface area contributed by atoms with Gasteiger partial charge in [0.1, 0.15) is 6.04 Å². The third-order valence-electron chi connectivity index (χ3n) is 2.40. The van der Waals surface area contributed by atoms with Gasteiger partial charge in [-0.05, 0) is 18.8 Å². The van der Waals surface area contributed by atoms with Crippen molar-refractivity contribution in [3.8, 4) is 0 Å². The second kappa shape index (κ2) is 4.56. The van der Waals surface area contributed by atoms with Gasteiger partial charge in [-0.2, -0.15) is 13.2 Å². The molecule has 6 heteroatoms. The highest BCUT2D eigenvalue weighted by Gasteiger charge is 2.47. The van der Waals surface area contributed by atoms with E-state index in [1.807, 2.05) is 0 Å². The first-order valence-electron chi connectivity index (χ1n) is 5.19. The first-order valence-corrected chi connectivity index (χ1v) is 6.40. The highest BCUT2D eigenvalue weighted by Crippen LogP contribution is 2.39. The van der Waals surface area contributed by atoms with Crippen molar-refractivity contribution in [2.75, 3.05) is 0 Å². The molecule has 0 saturated heterocycles. The summed E-state index contributed by atoms with van der Waals surface area (Å²) in [6, 6.07) is -1.54. The van der Waals surface area contributed by atoms with Crippen LogP contribution in [0.2, 0.25) is 0 Å². The predicted molar refractivity (Wildman–Crippen MR) is 59.6 cm³/mol. The standard InChI is InChI=1S/C10H17F3NOS/c1-9(2,3)16(15)6-14-8(7-4-5-7)10(11,12)13/h6-8,14H,4-5H2,1-3H3/q-1. The number of alkyl halides is 3. The Hall–Kier alpha value is -0.230. The van der Waals surface area contributed by atoms with Crippen molar-refractivity contribution in [2.45, 2.75) is 50.6 Å². The molecule has 0 aliphatic heterocycles. The molecular formula is C10H17F3NOS-. The molecule has 0 aromatic heterocycles. The van der Waals surface area contributed by atoms with E-state index in [2.05, 4.69) is 5.32 Å². The van der Waals surface area contributed by atoms with Crippen molar-refractivity contribution < 1.29 is 17.4 Å². The number of hydrogen-bond donors (Lipinski definition) is 1. The summed E-state index contributed by atoms with van der Waals surface area (Å²) in [6.45, 7) is 5.17. The van der Waals surface area contributed by atoms with Crippen LogP contribution < -0.4 is 5.32 Å². The minimum atomic E-state index is -4.26. The average molecular weight is 256 g/mol. The minimum Gasteiger partial charge on any atom is -0.460 e. The molecule has 0 spiro atoms. The van der Waals surface area contributed by atoms with Gasteiger partial charge in [0.25, 0.3) is 0 Å². The van der Waals surface area contributed by atoms with E-state index in [4.69, 9.17) is 0 Å². The minimum absolute atomic E-state index is 0.354. The molecule has 1 saturated carbocycles. The molecule has 0 bridgehead atoms. The second-order valence-corrected chi connectivity index (χ2v) is 7.11. The summed E-state index contributed by atoms with van der Waals surface area (Å²) in [5, 5.41) is 2.28. The molecule has 1 aliphatic rings. The van der Waals surface area contributed by atoms with Crippen LogP contribution in [0.1, 0.15) is 33.6 Å². The molecule has 1 fully saturated rings. The van der Waals surface area contributed by atoms with Gasteiger partial charge in [0.15, 0.2) is 0 Å². The Kier molecular flexibility index (Phi) is 3.95. The Balaban J connectivity index is 2.68. The molecule has 96 valence electrons. The van der Waals surface area contributed by atoms with Crippen LogP contribution in [0.5, 0.6) is 0 Å². The van der Waals surface area contributed by atoms with Crippen molar-refractivity contribution in [2.24, 2.45) is 5.92 Å². The molecule has 0 aromatic rings. The number of rotatable bonds is 3. The summed E-state index contributed by atoms with van der Waals surface area (Å²) >= 11 is 0. The summed E-state index contributed by atoms with van der Waals surface area (Å²) < 4.78 is 48.8. The van der Waals surface area contributed by atoms with Gasteiger partial charge >= 0.3 is 6.18 Å². The number of nitrogens with one attached hydrogen (secondary N) is 1. The summed E-state index contributed by atoms with van der Waals surface area (Å²) in [5.74, 6) is -0.354. The number of halogens is 3. The maximum absolute atomic E-state index is 12.6. The first-order chi connectivity index (χ1) is 7.12. The third-order valence-corrected chi connectivity index (χ3v) is 3.96. The Labute approximate surface area is 95.6 Å². The summed E-state index contributed by atoms with van der Waals surface area (Å²) in [7, 11) is -1.42. The lowest BCUT2D eigenvalue weighted by Gasteiger charge is -2.26. The van der Waals surface area contributed by atoms with Gasteiger partial charge in [0, 0.05) is 0 Å². The Morgan fingerprint density at radius 1 is 1.31 bits per heavy atom. The fourth-order valence-corrected chi connectivity index (χ4v) is 1.86. The van der Waals surface area contributed by atoms with E-state index >= 15 is 0 Å². The molecule has 1 atom stereocenters. The molecule has 0 amide bonds. The zero-order chi connectivity index (χ0) is 12.6. The number of hydrogen-bond acceptors (Lipinski definition) is 2. The van der Waals surface area contributed by atoms with Crippen molar-refractivity contribution in [3.05, 3.63) is 0 Å². The normalized spacial score (nSPS) is 22.1. The predicted octanol–water partition coefficient (Wildman–Crippen LogP) is 2.44. The zero-order valence-electron chi connectivity index (χ0n) is 9.60. The van der Waals surface area contributed by atoms with Crippen LogP contribution >= 0.6 is 0 Å². The van der Waals surface area contributed by atoms with Gasteiger partial charge in [-0.15, -0.1) is 5.49 Å². The molecule has 0 aromatic carbocycles. The van der Waals surface area contributed by atoms with Crippen molar-refractivity contribution >= 4 is 15.9 Å². The molecule has 1 rings (SSSR count). The second-order valence-electron chi connectivity index (χ2n) is 5.05. The Morgan fingerprint density at radius 3 is 2.12 bits per heavy atom. The molecule has 0 heterocycles. The fourth-order valence-electron chi connectivity index (χ4n) is 1.24. The molecule has 2 nitrogen and oxygen atoms in total. The van der Waals surface area contributed by atoms with E-state index in [-0.39, 0.29) is 5.92 Å². The molecule has 1 N–H and O–H groups in total. The average Bonchev–Trinajstić information content (AvgIpc) is 2.83. The molecular weight excluding hydrogens is 239 g/mol. The highest BCUT2D eigenvalue weighted by molar-refractivity contribution is 7.84. The third kappa shape index (κ3) is 3.97. The van der Waals surface area contributed by atoms with Crippen LogP contribution in [0.4, 0.5) is 13.2 Å². The lowest BCUT2D eigenvalue weighted by Crippen LogP contribution is -2.44. The Bertz CT molecular complexity index is 322. The van der Waals surface area contributed by atoms with Gasteiger partial charge in [0.2, 0.25) is 0 Å². The van der Waals surface area contributed by atoms with Crippen LogP contribution in [0.3, 0.4) is 0 Å². The monoisotopic (exact) mass is 256 g/mol. The molecule has 0 radical (unpaired) electrons.